The van der Waals surface area contributed by atoms with E-state index < -0.39 is 12.1 Å². The number of hydrogen-bond acceptors (Lipinski definition) is 2. The number of piperidine rings is 1. The maximum absolute atomic E-state index is 12.4. The third-order valence-corrected chi connectivity index (χ3v) is 3.13. The van der Waals surface area contributed by atoms with Crippen LogP contribution in [0.5, 0.6) is 0 Å². The van der Waals surface area contributed by atoms with Gasteiger partial charge in [-0.1, -0.05) is 6.92 Å². The third-order valence-electron chi connectivity index (χ3n) is 3.13. The summed E-state index contributed by atoms with van der Waals surface area (Å²) >= 11 is 0. The zero-order valence-corrected chi connectivity index (χ0v) is 9.82. The first kappa shape index (κ1) is 13.8. The first-order valence-electron chi connectivity index (χ1n) is 6.04. The summed E-state index contributed by atoms with van der Waals surface area (Å²) in [6, 6.07) is 0. The Morgan fingerprint density at radius 3 is 2.38 bits per heavy atom. The molecule has 1 rings (SSSR count). The Morgan fingerprint density at radius 1 is 1.25 bits per heavy atom. The molecule has 0 amide bonds. The molecule has 0 aromatic carbocycles. The molecule has 16 heavy (non-hydrogen) atoms. The predicted molar refractivity (Wildman–Crippen MR) is 58.4 cm³/mol. The van der Waals surface area contributed by atoms with Gasteiger partial charge in [-0.15, -0.1) is 0 Å². The molecule has 0 atom stereocenters. The molecule has 96 valence electrons. The average molecular weight is 238 g/mol. The normalized spacial score (nSPS) is 20.2. The zero-order chi connectivity index (χ0) is 12.0. The van der Waals surface area contributed by atoms with Crippen molar-refractivity contribution in [2.45, 2.75) is 32.4 Å². The van der Waals surface area contributed by atoms with Gasteiger partial charge in [-0.25, -0.2) is 0 Å². The molecular formula is C11H21F3N2. The van der Waals surface area contributed by atoms with Gasteiger partial charge < -0.3 is 10.2 Å². The molecule has 1 aliphatic rings. The van der Waals surface area contributed by atoms with Crippen LogP contribution in [0.2, 0.25) is 0 Å². The van der Waals surface area contributed by atoms with E-state index in [1.165, 1.54) is 0 Å². The molecule has 2 nitrogen and oxygen atoms in total. The first-order valence-corrected chi connectivity index (χ1v) is 6.04. The molecule has 0 radical (unpaired) electrons. The quantitative estimate of drug-likeness (QED) is 0.739. The highest BCUT2D eigenvalue weighted by molar-refractivity contribution is 4.77. The van der Waals surface area contributed by atoms with E-state index in [-0.39, 0.29) is 12.8 Å². The van der Waals surface area contributed by atoms with E-state index in [1.807, 2.05) is 0 Å². The maximum atomic E-state index is 12.4. The average Bonchev–Trinajstić information content (AvgIpc) is 2.24. The molecule has 0 aromatic heterocycles. The second-order valence-corrected chi connectivity index (χ2v) is 4.36. The van der Waals surface area contributed by atoms with Crippen molar-refractivity contribution < 1.29 is 13.2 Å². The van der Waals surface area contributed by atoms with E-state index in [1.54, 1.807) is 0 Å². The maximum Gasteiger partial charge on any atom is 0.391 e. The summed E-state index contributed by atoms with van der Waals surface area (Å²) < 4.78 is 37.2. The van der Waals surface area contributed by atoms with Gasteiger partial charge in [-0.2, -0.15) is 13.2 Å². The van der Waals surface area contributed by atoms with E-state index in [4.69, 9.17) is 0 Å². The van der Waals surface area contributed by atoms with E-state index in [9.17, 15) is 13.2 Å². The molecule has 5 heteroatoms. The molecule has 1 heterocycles. The Morgan fingerprint density at radius 2 is 1.88 bits per heavy atom. The second-order valence-electron chi connectivity index (χ2n) is 4.36. The van der Waals surface area contributed by atoms with Crippen molar-refractivity contribution in [1.82, 2.24) is 10.2 Å². The minimum absolute atomic E-state index is 0.269. The van der Waals surface area contributed by atoms with Crippen molar-refractivity contribution in [3.05, 3.63) is 0 Å². The van der Waals surface area contributed by atoms with E-state index in [2.05, 4.69) is 17.1 Å². The molecule has 0 spiro atoms. The number of hydrogen-bond donors (Lipinski definition) is 1. The largest absolute Gasteiger partial charge is 0.391 e. The lowest BCUT2D eigenvalue weighted by Gasteiger charge is -2.32. The van der Waals surface area contributed by atoms with Gasteiger partial charge in [0.1, 0.15) is 0 Å². The van der Waals surface area contributed by atoms with Gasteiger partial charge in [0.05, 0.1) is 5.92 Å². The smallest absolute Gasteiger partial charge is 0.317 e. The van der Waals surface area contributed by atoms with Gasteiger partial charge >= 0.3 is 6.18 Å². The lowest BCUT2D eigenvalue weighted by molar-refractivity contribution is -0.185. The summed E-state index contributed by atoms with van der Waals surface area (Å²) in [5, 5.41) is 3.21. The van der Waals surface area contributed by atoms with Crippen LogP contribution in [0.3, 0.4) is 0 Å². The van der Waals surface area contributed by atoms with Crippen molar-refractivity contribution in [2.75, 3.05) is 32.7 Å². The fourth-order valence-electron chi connectivity index (χ4n) is 2.09. The van der Waals surface area contributed by atoms with Crippen molar-refractivity contribution in [1.29, 1.82) is 0 Å². The van der Waals surface area contributed by atoms with Gasteiger partial charge in [0.2, 0.25) is 0 Å². The van der Waals surface area contributed by atoms with Crippen LogP contribution in [0, 0.1) is 5.92 Å². The highest BCUT2D eigenvalue weighted by atomic mass is 19.4. The SMILES string of the molecule is CCNCCCN1CCC(C(F)(F)F)CC1. The Labute approximate surface area is 95.2 Å². The Balaban J connectivity index is 2.12. The van der Waals surface area contributed by atoms with E-state index >= 15 is 0 Å². The van der Waals surface area contributed by atoms with Gasteiger partial charge in [-0.05, 0) is 52.0 Å². The summed E-state index contributed by atoms with van der Waals surface area (Å²) in [5.74, 6) is -1.07. The van der Waals surface area contributed by atoms with Crippen molar-refractivity contribution in [2.24, 2.45) is 5.92 Å². The summed E-state index contributed by atoms with van der Waals surface area (Å²) in [6.07, 6.45) is -2.43. The number of nitrogens with one attached hydrogen (secondary N) is 1. The van der Waals surface area contributed by atoms with Crippen LogP contribution < -0.4 is 5.32 Å². The van der Waals surface area contributed by atoms with Crippen molar-refractivity contribution in [3.63, 3.8) is 0 Å². The third kappa shape index (κ3) is 4.70. The fourth-order valence-corrected chi connectivity index (χ4v) is 2.09. The minimum Gasteiger partial charge on any atom is -0.317 e. The second kappa shape index (κ2) is 6.45. The molecular weight excluding hydrogens is 217 g/mol. The zero-order valence-electron chi connectivity index (χ0n) is 9.82. The lowest BCUT2D eigenvalue weighted by atomic mass is 9.96. The lowest BCUT2D eigenvalue weighted by Crippen LogP contribution is -2.39. The van der Waals surface area contributed by atoms with E-state index in [0.29, 0.717) is 13.1 Å². The summed E-state index contributed by atoms with van der Waals surface area (Å²) in [5.41, 5.74) is 0. The van der Waals surface area contributed by atoms with Crippen LogP contribution in [0.4, 0.5) is 13.2 Å². The number of halogens is 3. The molecule has 1 N–H and O–H groups in total. The minimum atomic E-state index is -3.99. The summed E-state index contributed by atoms with van der Waals surface area (Å²) in [4.78, 5) is 2.14. The Hall–Kier alpha value is -0.290. The molecule has 1 saturated heterocycles. The Bertz CT molecular complexity index is 186. The van der Waals surface area contributed by atoms with Crippen LogP contribution in [0.25, 0.3) is 0 Å². The molecule has 0 aromatic rings. The first-order chi connectivity index (χ1) is 7.54. The van der Waals surface area contributed by atoms with Crippen molar-refractivity contribution in [3.8, 4) is 0 Å². The van der Waals surface area contributed by atoms with Crippen molar-refractivity contribution >= 4 is 0 Å². The van der Waals surface area contributed by atoms with Crippen LogP contribution in [0.15, 0.2) is 0 Å². The highest BCUT2D eigenvalue weighted by Gasteiger charge is 2.40. The van der Waals surface area contributed by atoms with Gasteiger partial charge in [0.25, 0.3) is 0 Å². The van der Waals surface area contributed by atoms with Gasteiger partial charge in [-0.3, -0.25) is 0 Å². The molecule has 0 saturated carbocycles. The van der Waals surface area contributed by atoms with Crippen LogP contribution in [0.1, 0.15) is 26.2 Å². The summed E-state index contributed by atoms with van der Waals surface area (Å²) in [6.45, 7) is 6.06. The predicted octanol–water partition coefficient (Wildman–Crippen LogP) is 2.26. The monoisotopic (exact) mass is 238 g/mol. The van der Waals surface area contributed by atoms with Crippen LogP contribution in [-0.4, -0.2) is 43.8 Å². The Kier molecular flexibility index (Phi) is 5.55. The molecule has 1 aliphatic heterocycles. The van der Waals surface area contributed by atoms with Crippen LogP contribution >= 0.6 is 0 Å². The molecule has 1 fully saturated rings. The number of likely N-dealkylation sites (tertiary alicyclic amines) is 1. The number of nitrogens with zero attached hydrogens (tertiary/aromatic N) is 1. The highest BCUT2D eigenvalue weighted by Crippen LogP contribution is 2.33. The standard InChI is InChI=1S/C11H21F3N2/c1-2-15-6-3-7-16-8-4-10(5-9-16)11(12,13)14/h10,15H,2-9H2,1H3. The summed E-state index contributed by atoms with van der Waals surface area (Å²) in [7, 11) is 0. The van der Waals surface area contributed by atoms with Crippen LogP contribution in [-0.2, 0) is 0 Å². The fraction of sp³-hybridized carbons (Fsp3) is 1.00. The topological polar surface area (TPSA) is 15.3 Å². The molecule has 0 aliphatic carbocycles. The van der Waals surface area contributed by atoms with Gasteiger partial charge in [0, 0.05) is 0 Å². The molecule has 0 unspecified atom stereocenters. The number of alkyl halides is 3. The van der Waals surface area contributed by atoms with E-state index in [0.717, 1.165) is 26.1 Å². The molecule has 0 bridgehead atoms. The van der Waals surface area contributed by atoms with Gasteiger partial charge in [0.15, 0.2) is 0 Å². The number of rotatable bonds is 5.